The maximum atomic E-state index is 13.8. The number of halogens is 4. The molecule has 1 saturated heterocycles. The number of amides is 1. The minimum atomic E-state index is -4.64. The van der Waals surface area contributed by atoms with Gasteiger partial charge in [-0.15, -0.1) is 10.2 Å². The summed E-state index contributed by atoms with van der Waals surface area (Å²) in [7, 11) is 0. The quantitative estimate of drug-likeness (QED) is 0.265. The van der Waals surface area contributed by atoms with Crippen molar-refractivity contribution < 1.29 is 18.0 Å². The number of carbonyl (C=O) groups is 1. The second-order valence-corrected chi connectivity index (χ2v) is 10.6. The maximum absolute atomic E-state index is 13.8. The molecule has 5 heterocycles. The first-order valence-electron chi connectivity index (χ1n) is 13.2. The van der Waals surface area contributed by atoms with Crippen molar-refractivity contribution in [1.82, 2.24) is 34.0 Å². The highest BCUT2D eigenvalue weighted by Gasteiger charge is 2.34. The number of fused-ring (bicyclic) bond motifs is 5. The number of carbonyl (C=O) groups excluding carboxylic acids is 1. The number of alkyl halides is 3. The molecular formula is C29H22ClF3N8O. The number of nitrogens with one attached hydrogen (secondary N) is 1. The monoisotopic (exact) mass is 590 g/mol. The number of nitrogens with zero attached hydrogens (tertiary/aromatic N) is 7. The molecule has 0 atom stereocenters. The number of rotatable bonds is 5. The predicted octanol–water partition coefficient (Wildman–Crippen LogP) is 5.99. The van der Waals surface area contributed by atoms with Gasteiger partial charge >= 0.3 is 6.18 Å². The molecule has 0 bridgehead atoms. The Balaban J connectivity index is 1.31. The molecular weight excluding hydrogens is 569 g/mol. The smallest absolute Gasteiger partial charge is 0.310 e. The fourth-order valence-corrected chi connectivity index (χ4v) is 5.71. The van der Waals surface area contributed by atoms with Gasteiger partial charge in [0, 0.05) is 22.8 Å². The Hall–Kier alpha value is -4.55. The van der Waals surface area contributed by atoms with Gasteiger partial charge in [-0.1, -0.05) is 17.7 Å². The maximum Gasteiger partial charge on any atom is 0.417 e. The molecule has 13 heteroatoms. The number of benzene rings is 2. The van der Waals surface area contributed by atoms with Crippen molar-refractivity contribution >= 4 is 51.0 Å². The summed E-state index contributed by atoms with van der Waals surface area (Å²) in [6, 6.07) is 13.0. The average Bonchev–Trinajstić information content (AvgIpc) is 3.71. The van der Waals surface area contributed by atoms with E-state index in [0.29, 0.717) is 40.1 Å². The molecule has 7 rings (SSSR count). The molecule has 9 nitrogen and oxygen atoms in total. The van der Waals surface area contributed by atoms with Crippen molar-refractivity contribution in [2.75, 3.05) is 25.0 Å². The van der Waals surface area contributed by atoms with Crippen LogP contribution < -0.4 is 5.32 Å². The SMILES string of the molecule is O=C(CN1CCCC1)Nc1ccc(-c2ccc3ncc4c(c3c2)n(-c2ccc(Cl)c(C(F)(F)F)c2)c2nncn42)cn1. The molecule has 4 aromatic heterocycles. The van der Waals surface area contributed by atoms with Crippen LogP contribution in [0.2, 0.25) is 5.02 Å². The normalized spacial score (nSPS) is 14.4. The molecule has 0 saturated carbocycles. The van der Waals surface area contributed by atoms with Crippen LogP contribution in [0.3, 0.4) is 0 Å². The van der Waals surface area contributed by atoms with Crippen LogP contribution >= 0.6 is 11.6 Å². The van der Waals surface area contributed by atoms with Gasteiger partial charge in [0.2, 0.25) is 11.7 Å². The fourth-order valence-electron chi connectivity index (χ4n) is 5.49. The van der Waals surface area contributed by atoms with E-state index >= 15 is 0 Å². The fraction of sp³-hybridized carbons (Fsp3) is 0.207. The van der Waals surface area contributed by atoms with Crippen molar-refractivity contribution in [1.29, 1.82) is 0 Å². The van der Waals surface area contributed by atoms with E-state index in [1.807, 2.05) is 24.3 Å². The van der Waals surface area contributed by atoms with E-state index in [1.165, 1.54) is 18.5 Å². The summed E-state index contributed by atoms with van der Waals surface area (Å²) in [6.45, 7) is 2.20. The standard InChI is InChI=1S/C29H22ClF3N8O/c30-22-6-5-19(12-21(22)29(31,32)33)41-27-20-11-17(3-7-23(20)34-14-24(27)40-16-36-38-28(40)41)18-4-8-25(35-13-18)37-26(42)15-39-9-1-2-10-39/h3-8,11-14,16H,1-2,9-10,15H2,(H,35,37,42). The lowest BCUT2D eigenvalue weighted by molar-refractivity contribution is -0.137. The predicted molar refractivity (Wildman–Crippen MR) is 153 cm³/mol. The average molecular weight is 591 g/mol. The van der Waals surface area contributed by atoms with E-state index in [-0.39, 0.29) is 11.6 Å². The Morgan fingerprint density at radius 1 is 0.976 bits per heavy atom. The van der Waals surface area contributed by atoms with E-state index in [4.69, 9.17) is 11.6 Å². The molecule has 1 N–H and O–H groups in total. The molecule has 0 aliphatic carbocycles. The van der Waals surface area contributed by atoms with Gasteiger partial charge in [0.15, 0.2) is 0 Å². The Morgan fingerprint density at radius 3 is 2.55 bits per heavy atom. The van der Waals surface area contributed by atoms with Crippen LogP contribution in [0.5, 0.6) is 0 Å². The first-order chi connectivity index (χ1) is 20.3. The zero-order chi connectivity index (χ0) is 29.0. The van der Waals surface area contributed by atoms with E-state index in [2.05, 4.69) is 30.4 Å². The molecule has 1 fully saturated rings. The Kier molecular flexibility index (Phi) is 6.32. The summed E-state index contributed by atoms with van der Waals surface area (Å²) < 4.78 is 44.6. The first-order valence-corrected chi connectivity index (χ1v) is 13.6. The molecule has 0 unspecified atom stereocenters. The number of anilines is 1. The van der Waals surface area contributed by atoms with Crippen LogP contribution in [0.25, 0.3) is 44.5 Å². The second kappa shape index (κ2) is 10.1. The van der Waals surface area contributed by atoms with Crippen molar-refractivity contribution in [2.45, 2.75) is 19.0 Å². The van der Waals surface area contributed by atoms with Gasteiger partial charge in [0.25, 0.3) is 0 Å². The zero-order valence-electron chi connectivity index (χ0n) is 21.9. The number of pyridine rings is 2. The summed E-state index contributed by atoms with van der Waals surface area (Å²) in [5.74, 6) is 0.682. The highest BCUT2D eigenvalue weighted by molar-refractivity contribution is 6.31. The minimum Gasteiger partial charge on any atom is -0.310 e. The van der Waals surface area contributed by atoms with E-state index < -0.39 is 16.8 Å². The van der Waals surface area contributed by atoms with Crippen LogP contribution in [0.1, 0.15) is 18.4 Å². The molecule has 212 valence electrons. The molecule has 1 aliphatic heterocycles. The lowest BCUT2D eigenvalue weighted by Gasteiger charge is -2.14. The van der Waals surface area contributed by atoms with E-state index in [1.54, 1.807) is 27.4 Å². The van der Waals surface area contributed by atoms with Gasteiger partial charge in [-0.25, -0.2) is 4.98 Å². The third-order valence-electron chi connectivity index (χ3n) is 7.48. The summed E-state index contributed by atoms with van der Waals surface area (Å²) in [4.78, 5) is 23.5. The van der Waals surface area contributed by atoms with Gasteiger partial charge in [-0.3, -0.25) is 23.6 Å². The topological polar surface area (TPSA) is 93.2 Å². The van der Waals surface area contributed by atoms with Crippen molar-refractivity contribution in [3.05, 3.63) is 77.8 Å². The molecule has 2 aromatic carbocycles. The highest BCUT2D eigenvalue weighted by Crippen LogP contribution is 2.38. The zero-order valence-corrected chi connectivity index (χ0v) is 22.7. The van der Waals surface area contributed by atoms with Crippen LogP contribution in [-0.4, -0.2) is 59.6 Å². The van der Waals surface area contributed by atoms with Crippen molar-refractivity contribution in [3.63, 3.8) is 0 Å². The number of imidazole rings is 1. The molecule has 1 amide bonds. The second-order valence-electron chi connectivity index (χ2n) is 10.2. The van der Waals surface area contributed by atoms with Crippen LogP contribution in [0.4, 0.5) is 19.0 Å². The summed E-state index contributed by atoms with van der Waals surface area (Å²) >= 11 is 5.91. The summed E-state index contributed by atoms with van der Waals surface area (Å²) in [6.07, 6.45) is 2.39. The van der Waals surface area contributed by atoms with Gasteiger partial charge in [0.05, 0.1) is 39.9 Å². The largest absolute Gasteiger partial charge is 0.417 e. The number of hydrogen-bond acceptors (Lipinski definition) is 6. The molecule has 0 spiro atoms. The lowest BCUT2D eigenvalue weighted by atomic mass is 10.0. The van der Waals surface area contributed by atoms with Gasteiger partial charge < -0.3 is 5.32 Å². The van der Waals surface area contributed by atoms with Crippen LogP contribution in [0.15, 0.2) is 67.3 Å². The number of likely N-dealkylation sites (tertiary alicyclic amines) is 1. The summed E-state index contributed by atoms with van der Waals surface area (Å²) in [5.41, 5.74) is 2.77. The molecule has 1 aliphatic rings. The van der Waals surface area contributed by atoms with Gasteiger partial charge in [-0.2, -0.15) is 13.2 Å². The Labute approximate surface area is 241 Å². The highest BCUT2D eigenvalue weighted by atomic mass is 35.5. The van der Waals surface area contributed by atoms with E-state index in [9.17, 15) is 18.0 Å². The minimum absolute atomic E-state index is 0.104. The summed E-state index contributed by atoms with van der Waals surface area (Å²) in [5, 5.41) is 11.3. The third-order valence-corrected chi connectivity index (χ3v) is 7.81. The molecule has 42 heavy (non-hydrogen) atoms. The van der Waals surface area contributed by atoms with Gasteiger partial charge in [0.1, 0.15) is 12.1 Å². The molecule has 6 aromatic rings. The third kappa shape index (κ3) is 4.62. The van der Waals surface area contributed by atoms with Crippen molar-refractivity contribution in [2.24, 2.45) is 0 Å². The van der Waals surface area contributed by atoms with Crippen LogP contribution in [-0.2, 0) is 11.0 Å². The van der Waals surface area contributed by atoms with Crippen molar-refractivity contribution in [3.8, 4) is 16.8 Å². The van der Waals surface area contributed by atoms with Crippen LogP contribution in [0, 0.1) is 0 Å². The number of hydrogen-bond donors (Lipinski definition) is 1. The molecule has 0 radical (unpaired) electrons. The first kappa shape index (κ1) is 26.4. The van der Waals surface area contributed by atoms with E-state index in [0.717, 1.165) is 43.1 Å². The number of aromatic nitrogens is 6. The Bertz CT molecular complexity index is 1980. The van der Waals surface area contributed by atoms with Gasteiger partial charge in [-0.05, 0) is 74.0 Å². The lowest BCUT2D eigenvalue weighted by Crippen LogP contribution is -2.31. The Morgan fingerprint density at radius 2 is 1.79 bits per heavy atom.